The van der Waals surface area contributed by atoms with Gasteiger partial charge in [-0.1, -0.05) is 48.0 Å². The number of ketones is 1. The lowest BCUT2D eigenvalue weighted by Crippen LogP contribution is -2.72. The Hall–Kier alpha value is -2.84. The fourth-order valence-electron chi connectivity index (χ4n) is 5.51. The smallest absolute Gasteiger partial charge is 0.322 e. The Labute approximate surface area is 193 Å². The van der Waals surface area contributed by atoms with Crippen molar-refractivity contribution in [1.82, 2.24) is 0 Å². The molecule has 0 saturated heterocycles. The summed E-state index contributed by atoms with van der Waals surface area (Å²) in [7, 11) is 0. The number of anilines is 1. The van der Waals surface area contributed by atoms with Crippen molar-refractivity contribution in [2.24, 2.45) is 10.9 Å². The molecule has 0 aromatic heterocycles. The minimum atomic E-state index is -5.81. The van der Waals surface area contributed by atoms with Crippen molar-refractivity contribution in [2.45, 2.75) is 64.0 Å². The first-order chi connectivity index (χ1) is 15.8. The van der Waals surface area contributed by atoms with Crippen LogP contribution >= 0.6 is 0 Å². The van der Waals surface area contributed by atoms with Gasteiger partial charge < -0.3 is 4.90 Å². The minimum Gasteiger partial charge on any atom is -0.322 e. The number of carbonyl (C=O) groups is 1. The van der Waals surface area contributed by atoms with Gasteiger partial charge >= 0.3 is 12.4 Å². The Morgan fingerprint density at radius 2 is 1.50 bits per heavy atom. The first-order valence-electron chi connectivity index (χ1n) is 11.0. The lowest BCUT2D eigenvalue weighted by molar-refractivity contribution is -0.310. The van der Waals surface area contributed by atoms with Crippen LogP contribution in [0.25, 0.3) is 0 Å². The van der Waals surface area contributed by atoms with Crippen LogP contribution in [-0.4, -0.2) is 35.6 Å². The van der Waals surface area contributed by atoms with Crippen LogP contribution in [0.1, 0.15) is 41.5 Å². The summed E-state index contributed by atoms with van der Waals surface area (Å²) in [6.07, 6.45) is -11.8. The Kier molecular flexibility index (Phi) is 5.81. The highest BCUT2D eigenvalue weighted by Gasteiger charge is 2.79. The molecule has 2 aliphatic rings. The first kappa shape index (κ1) is 24.3. The van der Waals surface area contributed by atoms with Crippen LogP contribution in [0.4, 0.5) is 32.0 Å². The second kappa shape index (κ2) is 8.13. The normalized spacial score (nSPS) is 22.9. The van der Waals surface area contributed by atoms with Gasteiger partial charge in [0.15, 0.2) is 0 Å². The topological polar surface area (TPSA) is 32.7 Å². The van der Waals surface area contributed by atoms with E-state index < -0.39 is 41.5 Å². The molecule has 34 heavy (non-hydrogen) atoms. The number of alkyl halides is 6. The van der Waals surface area contributed by atoms with E-state index in [0.29, 0.717) is 16.8 Å². The van der Waals surface area contributed by atoms with E-state index in [-0.39, 0.29) is 24.8 Å². The van der Waals surface area contributed by atoms with Crippen molar-refractivity contribution < 1.29 is 31.1 Å². The summed E-state index contributed by atoms with van der Waals surface area (Å²) in [6, 6.07) is 9.85. The molecule has 9 heteroatoms. The largest absolute Gasteiger partial charge is 0.423 e. The molecule has 2 unspecified atom stereocenters. The number of hydrogen-bond acceptors (Lipinski definition) is 3. The summed E-state index contributed by atoms with van der Waals surface area (Å²) in [4.78, 5) is 17.8. The summed E-state index contributed by atoms with van der Waals surface area (Å²) in [5.41, 5.74) is -1.64. The first-order valence-corrected chi connectivity index (χ1v) is 11.0. The molecule has 0 bridgehead atoms. The lowest BCUT2D eigenvalue weighted by Gasteiger charge is -2.53. The van der Waals surface area contributed by atoms with E-state index in [0.717, 1.165) is 5.56 Å². The molecule has 1 aliphatic carbocycles. The SMILES string of the molecule is Cc1cc(C)c(N2C(c3ccccc3)=NC(C(F)(F)F)(C(F)(F)F)C3C(=O)CCCC32)c(C)c1. The molecule has 0 radical (unpaired) electrons. The van der Waals surface area contributed by atoms with Crippen molar-refractivity contribution in [3.05, 3.63) is 64.7 Å². The number of carbonyl (C=O) groups excluding carboxylic acids is 1. The van der Waals surface area contributed by atoms with E-state index in [2.05, 4.69) is 4.99 Å². The highest BCUT2D eigenvalue weighted by Crippen LogP contribution is 2.57. The summed E-state index contributed by atoms with van der Waals surface area (Å²) < 4.78 is 86.8. The van der Waals surface area contributed by atoms with Crippen molar-refractivity contribution >= 4 is 17.3 Å². The molecule has 2 atom stereocenters. The van der Waals surface area contributed by atoms with Gasteiger partial charge in [-0.05, 0) is 44.7 Å². The van der Waals surface area contributed by atoms with Crippen LogP contribution in [0.5, 0.6) is 0 Å². The second-order valence-electron chi connectivity index (χ2n) is 9.08. The van der Waals surface area contributed by atoms with Crippen LogP contribution in [0.15, 0.2) is 47.5 Å². The molecule has 0 amide bonds. The van der Waals surface area contributed by atoms with Crippen molar-refractivity contribution in [1.29, 1.82) is 0 Å². The van der Waals surface area contributed by atoms with Crippen molar-refractivity contribution in [2.75, 3.05) is 4.90 Å². The second-order valence-corrected chi connectivity index (χ2v) is 9.08. The number of Topliss-reactive ketones (excluding diaryl/α,β-unsaturated/α-hetero) is 1. The zero-order chi connectivity index (χ0) is 25.1. The van der Waals surface area contributed by atoms with Gasteiger partial charge in [0.05, 0.1) is 5.92 Å². The van der Waals surface area contributed by atoms with E-state index in [1.807, 2.05) is 19.1 Å². The monoisotopic (exact) mass is 482 g/mol. The third-order valence-electron chi connectivity index (χ3n) is 6.72. The van der Waals surface area contributed by atoms with E-state index in [9.17, 15) is 31.1 Å². The maximum atomic E-state index is 14.5. The maximum absolute atomic E-state index is 14.5. The Balaban J connectivity index is 2.14. The van der Waals surface area contributed by atoms with E-state index in [4.69, 9.17) is 0 Å². The predicted octanol–water partition coefficient (Wildman–Crippen LogP) is 6.48. The standard InChI is InChI=1S/C25H24F6N2O/c1-14-12-15(2)21(16(3)13-14)33-18-10-7-11-19(34)20(18)23(24(26,27)28,25(29,30)31)32-22(33)17-8-5-4-6-9-17/h4-6,8-9,12-13,18,20H,7,10-11H2,1-3H3. The van der Waals surface area contributed by atoms with E-state index >= 15 is 0 Å². The molecule has 1 aliphatic heterocycles. The van der Waals surface area contributed by atoms with Gasteiger partial charge in [-0.15, -0.1) is 0 Å². The summed E-state index contributed by atoms with van der Waals surface area (Å²) in [5.74, 6) is -3.88. The molecular weight excluding hydrogens is 458 g/mol. The van der Waals surface area contributed by atoms with Gasteiger partial charge in [0.2, 0.25) is 0 Å². The van der Waals surface area contributed by atoms with Gasteiger partial charge in [-0.3, -0.25) is 4.79 Å². The molecule has 1 heterocycles. The number of aryl methyl sites for hydroxylation is 3. The molecule has 2 aromatic carbocycles. The fourth-order valence-corrected chi connectivity index (χ4v) is 5.51. The predicted molar refractivity (Wildman–Crippen MR) is 117 cm³/mol. The van der Waals surface area contributed by atoms with Gasteiger partial charge in [-0.25, -0.2) is 4.99 Å². The highest BCUT2D eigenvalue weighted by molar-refractivity contribution is 6.13. The van der Waals surface area contributed by atoms with Gasteiger partial charge in [0, 0.05) is 23.7 Å². The number of aliphatic imine (C=N–C) groups is 1. The van der Waals surface area contributed by atoms with Crippen molar-refractivity contribution in [3.63, 3.8) is 0 Å². The van der Waals surface area contributed by atoms with Crippen LogP contribution in [0.3, 0.4) is 0 Å². The van der Waals surface area contributed by atoms with Crippen LogP contribution in [-0.2, 0) is 4.79 Å². The number of amidine groups is 1. The highest BCUT2D eigenvalue weighted by atomic mass is 19.4. The Morgan fingerprint density at radius 1 is 0.941 bits per heavy atom. The van der Waals surface area contributed by atoms with Gasteiger partial charge in [0.1, 0.15) is 11.6 Å². The molecule has 0 spiro atoms. The maximum Gasteiger partial charge on any atom is 0.423 e. The third kappa shape index (κ3) is 3.60. The Bertz CT molecular complexity index is 1100. The molecule has 2 aromatic rings. The summed E-state index contributed by atoms with van der Waals surface area (Å²) in [5, 5.41) is 0. The zero-order valence-electron chi connectivity index (χ0n) is 18.9. The molecule has 182 valence electrons. The van der Waals surface area contributed by atoms with Crippen LogP contribution < -0.4 is 4.90 Å². The van der Waals surface area contributed by atoms with Crippen molar-refractivity contribution in [3.8, 4) is 0 Å². The Morgan fingerprint density at radius 3 is 2.03 bits per heavy atom. The number of nitrogens with zero attached hydrogens (tertiary/aromatic N) is 2. The summed E-state index contributed by atoms with van der Waals surface area (Å²) >= 11 is 0. The van der Waals surface area contributed by atoms with E-state index in [1.54, 1.807) is 19.9 Å². The molecule has 1 saturated carbocycles. The number of benzene rings is 2. The number of fused-ring (bicyclic) bond motifs is 1. The number of halogens is 6. The molecule has 0 N–H and O–H groups in total. The molecule has 3 nitrogen and oxygen atoms in total. The lowest BCUT2D eigenvalue weighted by atomic mass is 9.67. The van der Waals surface area contributed by atoms with Gasteiger partial charge in [-0.2, -0.15) is 26.3 Å². The molecule has 1 fully saturated rings. The molecule has 4 rings (SSSR count). The van der Waals surface area contributed by atoms with E-state index in [1.165, 1.54) is 29.2 Å². The zero-order valence-corrected chi connectivity index (χ0v) is 18.9. The van der Waals surface area contributed by atoms with Crippen LogP contribution in [0.2, 0.25) is 0 Å². The quantitative estimate of drug-likeness (QED) is 0.459. The summed E-state index contributed by atoms with van der Waals surface area (Å²) in [6.45, 7) is 5.37. The average Bonchev–Trinajstić information content (AvgIpc) is 2.72. The fraction of sp³-hybridized carbons (Fsp3) is 0.440. The average molecular weight is 482 g/mol. The minimum absolute atomic E-state index is 0.00290. The third-order valence-corrected chi connectivity index (χ3v) is 6.72. The van der Waals surface area contributed by atoms with Crippen LogP contribution in [0, 0.1) is 26.7 Å². The van der Waals surface area contributed by atoms with Gasteiger partial charge in [0.25, 0.3) is 5.54 Å². The molecular formula is C25H24F6N2O. The number of rotatable bonds is 2. The number of hydrogen-bond donors (Lipinski definition) is 0.